The maximum atomic E-state index is 12.8. The standard InChI is InChI=1S/C10H11BrFNO3/c1-15-4-5-16-13-10(14)8-3-2-7(12)6-9(8)11/h2-3,6H,4-5H2,1H3,(H,13,14). The molecule has 0 aromatic heterocycles. The molecule has 0 bridgehead atoms. The summed E-state index contributed by atoms with van der Waals surface area (Å²) in [6.07, 6.45) is 0. The van der Waals surface area contributed by atoms with E-state index in [0.29, 0.717) is 16.6 Å². The van der Waals surface area contributed by atoms with Crippen molar-refractivity contribution in [3.63, 3.8) is 0 Å². The van der Waals surface area contributed by atoms with Crippen LogP contribution in [-0.4, -0.2) is 26.2 Å². The molecule has 1 aromatic rings. The summed E-state index contributed by atoms with van der Waals surface area (Å²) >= 11 is 3.09. The number of halogens is 2. The number of hydrogen-bond acceptors (Lipinski definition) is 3. The van der Waals surface area contributed by atoms with Crippen LogP contribution < -0.4 is 5.48 Å². The van der Waals surface area contributed by atoms with E-state index >= 15 is 0 Å². The molecule has 0 radical (unpaired) electrons. The molecule has 1 aromatic carbocycles. The maximum Gasteiger partial charge on any atom is 0.275 e. The number of ether oxygens (including phenoxy) is 1. The first-order valence-corrected chi connectivity index (χ1v) is 5.30. The van der Waals surface area contributed by atoms with Crippen LogP contribution in [0.3, 0.4) is 0 Å². The van der Waals surface area contributed by atoms with Gasteiger partial charge in [-0.05, 0) is 34.1 Å². The summed E-state index contributed by atoms with van der Waals surface area (Å²) in [6, 6.07) is 3.79. The van der Waals surface area contributed by atoms with Crippen LogP contribution in [0.5, 0.6) is 0 Å². The van der Waals surface area contributed by atoms with E-state index in [9.17, 15) is 9.18 Å². The van der Waals surface area contributed by atoms with Gasteiger partial charge < -0.3 is 4.74 Å². The van der Waals surface area contributed by atoms with Crippen molar-refractivity contribution in [2.24, 2.45) is 0 Å². The zero-order chi connectivity index (χ0) is 12.0. The second-order valence-electron chi connectivity index (χ2n) is 2.90. The fourth-order valence-corrected chi connectivity index (χ4v) is 1.50. The molecule has 0 spiro atoms. The molecule has 0 aliphatic carbocycles. The van der Waals surface area contributed by atoms with Crippen molar-refractivity contribution >= 4 is 21.8 Å². The second-order valence-corrected chi connectivity index (χ2v) is 3.75. The van der Waals surface area contributed by atoms with Gasteiger partial charge in [0, 0.05) is 11.6 Å². The summed E-state index contributed by atoms with van der Waals surface area (Å²) in [6.45, 7) is 0.631. The Balaban J connectivity index is 2.53. The molecule has 1 amide bonds. The number of nitrogens with one attached hydrogen (secondary N) is 1. The Hall–Kier alpha value is -0.980. The molecule has 1 N–H and O–H groups in total. The first kappa shape index (κ1) is 13.1. The number of carbonyl (C=O) groups is 1. The number of carbonyl (C=O) groups excluding carboxylic acids is 1. The van der Waals surface area contributed by atoms with E-state index in [1.165, 1.54) is 25.3 Å². The Bertz CT molecular complexity index is 373. The van der Waals surface area contributed by atoms with Crippen LogP contribution in [0.4, 0.5) is 4.39 Å². The number of hydrogen-bond donors (Lipinski definition) is 1. The SMILES string of the molecule is COCCONC(=O)c1ccc(F)cc1Br. The van der Waals surface area contributed by atoms with Gasteiger partial charge in [0.25, 0.3) is 5.91 Å². The third kappa shape index (κ3) is 3.88. The molecule has 0 saturated carbocycles. The molecular formula is C10H11BrFNO3. The van der Waals surface area contributed by atoms with Crippen LogP contribution in [0, 0.1) is 5.82 Å². The lowest BCUT2D eigenvalue weighted by Gasteiger charge is -2.06. The molecule has 0 heterocycles. The van der Waals surface area contributed by atoms with Gasteiger partial charge in [0.1, 0.15) is 5.82 Å². The fraction of sp³-hybridized carbons (Fsp3) is 0.300. The second kappa shape index (κ2) is 6.57. The topological polar surface area (TPSA) is 47.6 Å². The molecule has 0 atom stereocenters. The fourth-order valence-electron chi connectivity index (χ4n) is 0.970. The number of rotatable bonds is 5. The minimum absolute atomic E-state index is 0.251. The lowest BCUT2D eigenvalue weighted by atomic mass is 10.2. The highest BCUT2D eigenvalue weighted by Gasteiger charge is 2.10. The van der Waals surface area contributed by atoms with Crippen LogP contribution in [0.25, 0.3) is 0 Å². The zero-order valence-electron chi connectivity index (χ0n) is 8.63. The minimum atomic E-state index is -0.442. The quantitative estimate of drug-likeness (QED) is 0.666. The Morgan fingerprint density at radius 2 is 2.25 bits per heavy atom. The highest BCUT2D eigenvalue weighted by molar-refractivity contribution is 9.10. The van der Waals surface area contributed by atoms with Crippen LogP contribution in [0.2, 0.25) is 0 Å². The van der Waals surface area contributed by atoms with Gasteiger partial charge in [0.05, 0.1) is 18.8 Å². The van der Waals surface area contributed by atoms with Crippen molar-refractivity contribution in [3.05, 3.63) is 34.1 Å². The van der Waals surface area contributed by atoms with Gasteiger partial charge in [0.15, 0.2) is 0 Å². The number of methoxy groups -OCH3 is 1. The Morgan fingerprint density at radius 3 is 2.88 bits per heavy atom. The van der Waals surface area contributed by atoms with E-state index in [4.69, 9.17) is 9.57 Å². The van der Waals surface area contributed by atoms with Crippen molar-refractivity contribution in [3.8, 4) is 0 Å². The summed E-state index contributed by atoms with van der Waals surface area (Å²) in [5.41, 5.74) is 2.53. The third-order valence-corrected chi connectivity index (χ3v) is 2.39. The van der Waals surface area contributed by atoms with Crippen LogP contribution >= 0.6 is 15.9 Å². The van der Waals surface area contributed by atoms with Gasteiger partial charge in [-0.25, -0.2) is 9.87 Å². The Kier molecular flexibility index (Phi) is 5.37. The van der Waals surface area contributed by atoms with Gasteiger partial charge in [-0.2, -0.15) is 0 Å². The smallest absolute Gasteiger partial charge is 0.275 e. The van der Waals surface area contributed by atoms with Crippen molar-refractivity contribution in [2.45, 2.75) is 0 Å². The van der Waals surface area contributed by atoms with E-state index in [-0.39, 0.29) is 6.61 Å². The van der Waals surface area contributed by atoms with Gasteiger partial charge in [0.2, 0.25) is 0 Å². The summed E-state index contributed by atoms with van der Waals surface area (Å²) in [5.74, 6) is -0.855. The van der Waals surface area contributed by atoms with Crippen molar-refractivity contribution < 1.29 is 18.8 Å². The van der Waals surface area contributed by atoms with E-state index in [1.807, 2.05) is 0 Å². The first-order valence-electron chi connectivity index (χ1n) is 4.51. The first-order chi connectivity index (χ1) is 7.65. The molecule has 0 aliphatic heterocycles. The minimum Gasteiger partial charge on any atom is -0.382 e. The van der Waals surface area contributed by atoms with Crippen LogP contribution in [0.1, 0.15) is 10.4 Å². The molecule has 4 nitrogen and oxygen atoms in total. The number of hydroxylamine groups is 1. The maximum absolute atomic E-state index is 12.8. The summed E-state index contributed by atoms with van der Waals surface area (Å²) in [5, 5.41) is 0. The van der Waals surface area contributed by atoms with E-state index in [0.717, 1.165) is 0 Å². The van der Waals surface area contributed by atoms with Gasteiger partial charge in [-0.1, -0.05) is 0 Å². The van der Waals surface area contributed by atoms with E-state index in [2.05, 4.69) is 21.4 Å². The van der Waals surface area contributed by atoms with Crippen molar-refractivity contribution in [1.29, 1.82) is 0 Å². The molecule has 88 valence electrons. The predicted molar refractivity (Wildman–Crippen MR) is 59.4 cm³/mol. The van der Waals surface area contributed by atoms with Crippen molar-refractivity contribution in [2.75, 3.05) is 20.3 Å². The van der Waals surface area contributed by atoms with Gasteiger partial charge >= 0.3 is 0 Å². The zero-order valence-corrected chi connectivity index (χ0v) is 10.2. The summed E-state index contributed by atoms with van der Waals surface area (Å²) < 4.78 is 17.9. The van der Waals surface area contributed by atoms with Crippen molar-refractivity contribution in [1.82, 2.24) is 5.48 Å². The van der Waals surface area contributed by atoms with E-state index < -0.39 is 11.7 Å². The highest BCUT2D eigenvalue weighted by atomic mass is 79.9. The molecule has 1 rings (SSSR count). The number of benzene rings is 1. The molecule has 0 fully saturated rings. The predicted octanol–water partition coefficient (Wildman–Crippen LogP) is 1.90. The molecule has 0 unspecified atom stereocenters. The normalized spacial score (nSPS) is 10.2. The lowest BCUT2D eigenvalue weighted by molar-refractivity contribution is 0.00883. The van der Waals surface area contributed by atoms with Crippen LogP contribution in [0.15, 0.2) is 22.7 Å². The largest absolute Gasteiger partial charge is 0.382 e. The summed E-state index contributed by atoms with van der Waals surface area (Å²) in [7, 11) is 1.53. The molecular weight excluding hydrogens is 281 g/mol. The molecule has 6 heteroatoms. The van der Waals surface area contributed by atoms with Gasteiger partial charge in [-0.15, -0.1) is 0 Å². The Morgan fingerprint density at radius 1 is 1.50 bits per heavy atom. The average molecular weight is 292 g/mol. The summed E-state index contributed by atoms with van der Waals surface area (Å²) in [4.78, 5) is 16.3. The van der Waals surface area contributed by atoms with E-state index in [1.54, 1.807) is 0 Å². The van der Waals surface area contributed by atoms with Crippen LogP contribution in [-0.2, 0) is 9.57 Å². The molecule has 0 saturated heterocycles. The average Bonchev–Trinajstić information content (AvgIpc) is 2.24. The molecule has 0 aliphatic rings. The third-order valence-electron chi connectivity index (χ3n) is 1.73. The van der Waals surface area contributed by atoms with Gasteiger partial charge in [-0.3, -0.25) is 9.63 Å². The number of amides is 1. The monoisotopic (exact) mass is 291 g/mol. The lowest BCUT2D eigenvalue weighted by Crippen LogP contribution is -2.25. The molecule has 16 heavy (non-hydrogen) atoms. The highest BCUT2D eigenvalue weighted by Crippen LogP contribution is 2.17. The Labute approximate surface area is 101 Å².